The summed E-state index contributed by atoms with van der Waals surface area (Å²) in [5.41, 5.74) is 0.150. The third-order valence-electron chi connectivity index (χ3n) is 5.31. The number of para-hydroxylation sites is 2. The molecule has 3 aromatic rings. The average Bonchev–Trinajstić information content (AvgIpc) is 2.84. The van der Waals surface area contributed by atoms with E-state index in [9.17, 15) is 24.5 Å². The molecule has 162 valence electrons. The third kappa shape index (κ3) is 3.32. The van der Waals surface area contributed by atoms with Crippen LogP contribution in [0.2, 0.25) is 0 Å². The minimum atomic E-state index is -1.14. The number of hydrogen-bond donors (Lipinski definition) is 0. The number of esters is 2. The summed E-state index contributed by atoms with van der Waals surface area (Å²) in [7, 11) is 0. The quantitative estimate of drug-likeness (QED) is 0.150. The van der Waals surface area contributed by atoms with Crippen LogP contribution in [0.15, 0.2) is 90.1 Å². The van der Waals surface area contributed by atoms with Gasteiger partial charge < -0.3 is 9.47 Å². The fourth-order valence-electron chi connectivity index (χ4n) is 3.80. The highest BCUT2D eigenvalue weighted by Gasteiger charge is 2.47. The van der Waals surface area contributed by atoms with Crippen molar-refractivity contribution in [3.05, 3.63) is 111 Å². The van der Waals surface area contributed by atoms with Gasteiger partial charge >= 0.3 is 11.9 Å². The van der Waals surface area contributed by atoms with Crippen LogP contribution in [0.1, 0.15) is 22.1 Å². The van der Waals surface area contributed by atoms with E-state index < -0.39 is 34.4 Å². The maximum Gasteiger partial charge on any atom is 0.361 e. The van der Waals surface area contributed by atoms with Crippen molar-refractivity contribution >= 4 is 29.1 Å². The number of non-ortho nitro benzene ring substituents is 1. The molecule has 3 aromatic carbocycles. The van der Waals surface area contributed by atoms with Gasteiger partial charge in [-0.15, -0.1) is 0 Å². The lowest BCUT2D eigenvalue weighted by Gasteiger charge is -2.40. The summed E-state index contributed by atoms with van der Waals surface area (Å²) in [5, 5.41) is 11.0. The Kier molecular flexibility index (Phi) is 4.71. The Hall–Kier alpha value is -4.79. The molecule has 0 spiro atoms. The van der Waals surface area contributed by atoms with E-state index in [2.05, 4.69) is 0 Å². The number of cyclic esters (lactones) is 1. The molecular weight excluding hydrogens is 428 g/mol. The molecule has 0 aromatic heterocycles. The second-order valence-electron chi connectivity index (χ2n) is 7.25. The number of anilines is 1. The number of rotatable bonds is 4. The predicted octanol–water partition coefficient (Wildman–Crippen LogP) is 3.71. The molecule has 9 heteroatoms. The van der Waals surface area contributed by atoms with E-state index in [1.54, 1.807) is 42.5 Å². The summed E-state index contributed by atoms with van der Waals surface area (Å²) in [4.78, 5) is 51.2. The number of Topliss-reactive ketones (excluding diaryl/α,β-unsaturated/α-hetero) is 1. The molecule has 0 aliphatic carbocycles. The molecule has 0 saturated heterocycles. The minimum Gasteiger partial charge on any atom is -0.433 e. The summed E-state index contributed by atoms with van der Waals surface area (Å²) in [6.45, 7) is 0. The molecule has 2 aliphatic rings. The zero-order valence-corrected chi connectivity index (χ0v) is 16.8. The smallest absolute Gasteiger partial charge is 0.361 e. The van der Waals surface area contributed by atoms with Crippen LogP contribution in [-0.2, 0) is 14.3 Å². The number of carbonyl (C=O) groups is 3. The fourth-order valence-corrected chi connectivity index (χ4v) is 3.80. The Morgan fingerprint density at radius 2 is 1.55 bits per heavy atom. The van der Waals surface area contributed by atoms with E-state index >= 15 is 0 Å². The van der Waals surface area contributed by atoms with Crippen molar-refractivity contribution in [3.63, 3.8) is 0 Å². The summed E-state index contributed by atoms with van der Waals surface area (Å²) in [5.74, 6) is -2.33. The van der Waals surface area contributed by atoms with Crippen molar-refractivity contribution in [1.82, 2.24) is 0 Å². The molecule has 1 atom stereocenters. The van der Waals surface area contributed by atoms with Gasteiger partial charge in [0.2, 0.25) is 12.0 Å². The molecule has 9 nitrogen and oxygen atoms in total. The number of ketones is 1. The van der Waals surface area contributed by atoms with Crippen molar-refractivity contribution < 1.29 is 28.8 Å². The van der Waals surface area contributed by atoms with Crippen LogP contribution in [0.25, 0.3) is 0 Å². The van der Waals surface area contributed by atoms with E-state index in [0.29, 0.717) is 11.3 Å². The highest BCUT2D eigenvalue weighted by atomic mass is 16.6. The predicted molar refractivity (Wildman–Crippen MR) is 114 cm³/mol. The average molecular weight is 442 g/mol. The van der Waals surface area contributed by atoms with E-state index in [4.69, 9.17) is 9.47 Å². The van der Waals surface area contributed by atoms with Crippen LogP contribution < -0.4 is 9.64 Å². The second-order valence-corrected chi connectivity index (χ2v) is 7.25. The first kappa shape index (κ1) is 20.1. The topological polar surface area (TPSA) is 116 Å². The Labute approximate surface area is 186 Å². The molecule has 0 amide bonds. The highest BCUT2D eigenvalue weighted by molar-refractivity contribution is 6.29. The van der Waals surface area contributed by atoms with E-state index in [1.165, 1.54) is 41.3 Å². The van der Waals surface area contributed by atoms with Crippen molar-refractivity contribution in [1.29, 1.82) is 0 Å². The molecule has 0 N–H and O–H groups in total. The molecule has 1 unspecified atom stereocenters. The van der Waals surface area contributed by atoms with Gasteiger partial charge in [-0.05, 0) is 24.3 Å². The molecule has 0 bridgehead atoms. The first-order valence-corrected chi connectivity index (χ1v) is 9.85. The molecule has 0 fully saturated rings. The van der Waals surface area contributed by atoms with Crippen molar-refractivity contribution in [2.24, 2.45) is 0 Å². The van der Waals surface area contributed by atoms with Gasteiger partial charge in [-0.25, -0.2) is 9.59 Å². The van der Waals surface area contributed by atoms with Gasteiger partial charge in [-0.3, -0.25) is 19.8 Å². The SMILES string of the molecule is O=C1OC(c2ccc([N+](=O)[O-])cc2)N2C(=C1C(=O)c1ccccc1)C(=O)Oc1ccccc12. The number of hydrogen-bond acceptors (Lipinski definition) is 8. The monoisotopic (exact) mass is 442 g/mol. The van der Waals surface area contributed by atoms with Gasteiger partial charge in [0, 0.05) is 23.3 Å². The van der Waals surface area contributed by atoms with Gasteiger partial charge in [0.15, 0.2) is 11.4 Å². The lowest BCUT2D eigenvalue weighted by atomic mass is 9.97. The van der Waals surface area contributed by atoms with Crippen LogP contribution >= 0.6 is 0 Å². The van der Waals surface area contributed by atoms with Crippen LogP contribution in [0.4, 0.5) is 11.4 Å². The van der Waals surface area contributed by atoms with Crippen LogP contribution in [0.5, 0.6) is 5.75 Å². The Balaban J connectivity index is 1.71. The third-order valence-corrected chi connectivity index (χ3v) is 5.31. The number of ether oxygens (including phenoxy) is 2. The number of nitro groups is 1. The zero-order chi connectivity index (χ0) is 23.1. The Morgan fingerprint density at radius 3 is 2.24 bits per heavy atom. The highest BCUT2D eigenvalue weighted by Crippen LogP contribution is 2.45. The van der Waals surface area contributed by atoms with Gasteiger partial charge in [-0.2, -0.15) is 0 Å². The maximum absolute atomic E-state index is 13.2. The second kappa shape index (κ2) is 7.72. The molecule has 5 rings (SSSR count). The lowest BCUT2D eigenvalue weighted by Crippen LogP contribution is -2.46. The van der Waals surface area contributed by atoms with Gasteiger partial charge in [0.25, 0.3) is 5.69 Å². The minimum absolute atomic E-state index is 0.143. The van der Waals surface area contributed by atoms with E-state index in [1.807, 2.05) is 0 Å². The standard InChI is InChI=1S/C24H14N2O7/c27-21(14-6-2-1-3-7-14)19-20-24(29)32-18-9-5-4-8-17(18)25(20)22(33-23(19)28)15-10-12-16(13-11-15)26(30)31/h1-13,22H. The number of nitrogens with zero attached hydrogens (tertiary/aromatic N) is 2. The van der Waals surface area contributed by atoms with E-state index in [-0.39, 0.29) is 22.7 Å². The number of carbonyl (C=O) groups excluding carboxylic acids is 3. The summed E-state index contributed by atoms with van der Waals surface area (Å²) in [6, 6.07) is 20.1. The van der Waals surface area contributed by atoms with Crippen LogP contribution in [0, 0.1) is 10.1 Å². The summed E-state index contributed by atoms with van der Waals surface area (Å²) < 4.78 is 11.0. The summed E-state index contributed by atoms with van der Waals surface area (Å²) >= 11 is 0. The van der Waals surface area contributed by atoms with Crippen molar-refractivity contribution in [2.75, 3.05) is 4.90 Å². The molecule has 33 heavy (non-hydrogen) atoms. The molecule has 0 radical (unpaired) electrons. The maximum atomic E-state index is 13.2. The molecule has 2 heterocycles. The normalized spacial score (nSPS) is 17.0. The van der Waals surface area contributed by atoms with Crippen molar-refractivity contribution in [3.8, 4) is 5.75 Å². The van der Waals surface area contributed by atoms with Crippen molar-refractivity contribution in [2.45, 2.75) is 6.23 Å². The number of fused-ring (bicyclic) bond motifs is 3. The zero-order valence-electron chi connectivity index (χ0n) is 16.8. The van der Waals surface area contributed by atoms with Gasteiger partial charge in [-0.1, -0.05) is 42.5 Å². The number of nitro benzene ring substituents is 1. The largest absolute Gasteiger partial charge is 0.433 e. The molecule has 2 aliphatic heterocycles. The molecule has 0 saturated carbocycles. The summed E-state index contributed by atoms with van der Waals surface area (Å²) in [6.07, 6.45) is -1.14. The Morgan fingerprint density at radius 1 is 0.879 bits per heavy atom. The first-order valence-electron chi connectivity index (χ1n) is 9.85. The Bertz CT molecular complexity index is 1350. The molecular formula is C24H14N2O7. The van der Waals surface area contributed by atoms with Crippen LogP contribution in [0.3, 0.4) is 0 Å². The van der Waals surface area contributed by atoms with Gasteiger partial charge in [0.1, 0.15) is 5.57 Å². The number of benzene rings is 3. The fraction of sp³-hybridized carbons (Fsp3) is 0.0417. The van der Waals surface area contributed by atoms with Crippen LogP contribution in [-0.4, -0.2) is 22.6 Å². The van der Waals surface area contributed by atoms with Gasteiger partial charge in [0.05, 0.1) is 10.6 Å². The lowest BCUT2D eigenvalue weighted by molar-refractivity contribution is -0.384. The van der Waals surface area contributed by atoms with E-state index in [0.717, 1.165) is 0 Å². The first-order chi connectivity index (χ1) is 16.0.